The molecule has 2 atom stereocenters. The number of fused-ring (bicyclic) bond motifs is 1. The molecular formula is C17H20N2O3. The van der Waals surface area contributed by atoms with Gasteiger partial charge in [-0.2, -0.15) is 0 Å². The van der Waals surface area contributed by atoms with E-state index in [-0.39, 0.29) is 29.6 Å². The molecule has 1 amide bonds. The van der Waals surface area contributed by atoms with Gasteiger partial charge in [0.1, 0.15) is 5.69 Å². The third-order valence-electron chi connectivity index (χ3n) is 4.01. The zero-order chi connectivity index (χ0) is 15.7. The van der Waals surface area contributed by atoms with Crippen molar-refractivity contribution in [3.63, 3.8) is 0 Å². The average Bonchev–Trinajstić information content (AvgIpc) is 2.46. The average molecular weight is 300 g/mol. The summed E-state index contributed by atoms with van der Waals surface area (Å²) >= 11 is 0. The first-order valence-electron chi connectivity index (χ1n) is 7.61. The Hall–Kier alpha value is -2.14. The Morgan fingerprint density at radius 3 is 2.64 bits per heavy atom. The summed E-state index contributed by atoms with van der Waals surface area (Å²) in [5.41, 5.74) is 0.831. The maximum absolute atomic E-state index is 12.4. The summed E-state index contributed by atoms with van der Waals surface area (Å²) in [5.74, 6) is -0.242. The third-order valence-corrected chi connectivity index (χ3v) is 4.01. The number of carbonyl (C=O) groups excluding carboxylic acids is 1. The van der Waals surface area contributed by atoms with Crippen LogP contribution in [0.3, 0.4) is 0 Å². The molecule has 2 unspecified atom stereocenters. The van der Waals surface area contributed by atoms with Gasteiger partial charge >= 0.3 is 0 Å². The fourth-order valence-electron chi connectivity index (χ4n) is 3.11. The van der Waals surface area contributed by atoms with Gasteiger partial charge in [0, 0.05) is 23.0 Å². The molecule has 2 N–H and O–H groups in total. The monoisotopic (exact) mass is 300 g/mol. The summed E-state index contributed by atoms with van der Waals surface area (Å²) in [7, 11) is 0. The zero-order valence-electron chi connectivity index (χ0n) is 12.8. The molecular weight excluding hydrogens is 280 g/mol. The number of pyridine rings is 1. The van der Waals surface area contributed by atoms with E-state index in [1.807, 2.05) is 26.0 Å². The van der Waals surface area contributed by atoms with Crippen LogP contribution >= 0.6 is 0 Å². The van der Waals surface area contributed by atoms with Crippen LogP contribution in [0.5, 0.6) is 0 Å². The number of amides is 1. The van der Waals surface area contributed by atoms with Crippen LogP contribution in [0, 0.1) is 0 Å². The van der Waals surface area contributed by atoms with Crippen molar-refractivity contribution in [1.82, 2.24) is 10.3 Å². The smallest absolute Gasteiger partial charge is 0.268 e. The van der Waals surface area contributed by atoms with Crippen molar-refractivity contribution in [1.29, 1.82) is 0 Å². The molecule has 1 aliphatic heterocycles. The number of aromatic amines is 1. The van der Waals surface area contributed by atoms with Gasteiger partial charge in [-0.25, -0.2) is 0 Å². The van der Waals surface area contributed by atoms with Gasteiger partial charge < -0.3 is 15.0 Å². The predicted molar refractivity (Wildman–Crippen MR) is 85.1 cm³/mol. The zero-order valence-corrected chi connectivity index (χ0v) is 12.8. The number of carbonyl (C=O) groups is 1. The standard InChI is InChI=1S/C17H20N2O3/c1-10-7-12(8-11(2)22-10)18-17(21)15-9-16(20)13-5-3-4-6-14(13)19-15/h3-6,9-12H,7-8H2,1-2H3,(H,18,21)(H,19,20). The molecule has 2 heterocycles. The van der Waals surface area contributed by atoms with Crippen molar-refractivity contribution >= 4 is 16.8 Å². The highest BCUT2D eigenvalue weighted by Gasteiger charge is 2.26. The van der Waals surface area contributed by atoms with E-state index in [0.717, 1.165) is 12.8 Å². The van der Waals surface area contributed by atoms with Crippen molar-refractivity contribution < 1.29 is 9.53 Å². The minimum Gasteiger partial charge on any atom is -0.375 e. The maximum Gasteiger partial charge on any atom is 0.268 e. The van der Waals surface area contributed by atoms with Gasteiger partial charge in [-0.3, -0.25) is 9.59 Å². The molecule has 5 heteroatoms. The molecule has 1 aliphatic rings. The fourth-order valence-corrected chi connectivity index (χ4v) is 3.11. The Morgan fingerprint density at radius 2 is 1.91 bits per heavy atom. The quantitative estimate of drug-likeness (QED) is 0.893. The van der Waals surface area contributed by atoms with Crippen LogP contribution in [-0.4, -0.2) is 29.1 Å². The number of nitrogens with one attached hydrogen (secondary N) is 2. The molecule has 3 rings (SSSR count). The molecule has 5 nitrogen and oxygen atoms in total. The van der Waals surface area contributed by atoms with Gasteiger partial charge in [-0.15, -0.1) is 0 Å². The van der Waals surface area contributed by atoms with Crippen LogP contribution in [0.25, 0.3) is 10.9 Å². The molecule has 0 bridgehead atoms. The van der Waals surface area contributed by atoms with Crippen molar-refractivity contribution in [3.05, 3.63) is 46.2 Å². The highest BCUT2D eigenvalue weighted by atomic mass is 16.5. The topological polar surface area (TPSA) is 71.2 Å². The number of rotatable bonds is 2. The van der Waals surface area contributed by atoms with Crippen LogP contribution in [-0.2, 0) is 4.74 Å². The number of para-hydroxylation sites is 1. The van der Waals surface area contributed by atoms with Crippen LogP contribution < -0.4 is 10.7 Å². The number of hydrogen-bond donors (Lipinski definition) is 2. The first-order chi connectivity index (χ1) is 10.5. The van der Waals surface area contributed by atoms with E-state index in [2.05, 4.69) is 10.3 Å². The SMILES string of the molecule is CC1CC(NC(=O)c2cc(=O)c3ccccc3[nH]2)CC(C)O1. The molecule has 0 radical (unpaired) electrons. The number of hydrogen-bond acceptors (Lipinski definition) is 3. The van der Waals surface area contributed by atoms with E-state index < -0.39 is 0 Å². The fraction of sp³-hybridized carbons (Fsp3) is 0.412. The summed E-state index contributed by atoms with van der Waals surface area (Å²) in [6.07, 6.45) is 1.83. The van der Waals surface area contributed by atoms with E-state index in [9.17, 15) is 9.59 Å². The van der Waals surface area contributed by atoms with E-state index in [0.29, 0.717) is 16.6 Å². The molecule has 1 fully saturated rings. The van der Waals surface area contributed by atoms with E-state index in [4.69, 9.17) is 4.74 Å². The number of benzene rings is 1. The minimum atomic E-state index is -0.242. The lowest BCUT2D eigenvalue weighted by Crippen LogP contribution is -2.44. The lowest BCUT2D eigenvalue weighted by Gasteiger charge is -2.32. The van der Waals surface area contributed by atoms with Gasteiger partial charge in [0.25, 0.3) is 5.91 Å². The maximum atomic E-state index is 12.4. The molecule has 1 aromatic carbocycles. The van der Waals surface area contributed by atoms with Gasteiger partial charge in [0.05, 0.1) is 12.2 Å². The second-order valence-electron chi connectivity index (χ2n) is 5.99. The summed E-state index contributed by atoms with van der Waals surface area (Å²) in [6.45, 7) is 4.01. The summed E-state index contributed by atoms with van der Waals surface area (Å²) in [5, 5.41) is 3.59. The first kappa shape index (κ1) is 14.8. The minimum absolute atomic E-state index is 0.0706. The van der Waals surface area contributed by atoms with E-state index in [1.54, 1.807) is 12.1 Å². The highest BCUT2D eigenvalue weighted by Crippen LogP contribution is 2.19. The largest absolute Gasteiger partial charge is 0.375 e. The normalized spacial score (nSPS) is 25.1. The summed E-state index contributed by atoms with van der Waals surface area (Å²) < 4.78 is 5.67. The van der Waals surface area contributed by atoms with Crippen LogP contribution in [0.4, 0.5) is 0 Å². The molecule has 1 saturated heterocycles. The van der Waals surface area contributed by atoms with Crippen molar-refractivity contribution in [2.45, 2.75) is 44.9 Å². The van der Waals surface area contributed by atoms with Crippen LogP contribution in [0.15, 0.2) is 35.1 Å². The first-order valence-corrected chi connectivity index (χ1v) is 7.61. The molecule has 0 spiro atoms. The Bertz CT molecular complexity index is 743. The molecule has 22 heavy (non-hydrogen) atoms. The molecule has 0 aliphatic carbocycles. The van der Waals surface area contributed by atoms with Gasteiger partial charge in [0.15, 0.2) is 5.43 Å². The number of ether oxygens (including phenoxy) is 1. The molecule has 0 saturated carbocycles. The van der Waals surface area contributed by atoms with E-state index >= 15 is 0 Å². The Labute approximate surface area is 128 Å². The molecule has 1 aromatic heterocycles. The second-order valence-corrected chi connectivity index (χ2v) is 5.99. The van der Waals surface area contributed by atoms with Crippen molar-refractivity contribution in [2.24, 2.45) is 0 Å². The van der Waals surface area contributed by atoms with Gasteiger partial charge in [0.2, 0.25) is 0 Å². The van der Waals surface area contributed by atoms with Crippen molar-refractivity contribution in [3.8, 4) is 0 Å². The van der Waals surface area contributed by atoms with Gasteiger partial charge in [-0.05, 0) is 38.8 Å². The lowest BCUT2D eigenvalue weighted by atomic mass is 10.00. The number of H-pyrrole nitrogens is 1. The highest BCUT2D eigenvalue weighted by molar-refractivity contribution is 5.95. The Kier molecular flexibility index (Phi) is 3.98. The third kappa shape index (κ3) is 3.04. The van der Waals surface area contributed by atoms with Gasteiger partial charge in [-0.1, -0.05) is 12.1 Å². The number of aromatic nitrogens is 1. The molecule has 116 valence electrons. The summed E-state index contributed by atoms with van der Waals surface area (Å²) in [6, 6.07) is 8.62. The van der Waals surface area contributed by atoms with Crippen LogP contribution in [0.1, 0.15) is 37.2 Å². The van der Waals surface area contributed by atoms with Crippen LogP contribution in [0.2, 0.25) is 0 Å². The predicted octanol–water partition coefficient (Wildman–Crippen LogP) is 2.21. The summed E-state index contributed by atoms with van der Waals surface area (Å²) in [4.78, 5) is 27.5. The van der Waals surface area contributed by atoms with E-state index in [1.165, 1.54) is 6.07 Å². The molecule has 2 aromatic rings. The second kappa shape index (κ2) is 5.93. The van der Waals surface area contributed by atoms with Crippen molar-refractivity contribution in [2.75, 3.05) is 0 Å². The Morgan fingerprint density at radius 1 is 1.23 bits per heavy atom. The lowest BCUT2D eigenvalue weighted by molar-refractivity contribution is -0.0408. The Balaban J connectivity index is 1.82.